The molecule has 0 saturated carbocycles. The highest BCUT2D eigenvalue weighted by Gasteiger charge is 2.27. The highest BCUT2D eigenvalue weighted by Crippen LogP contribution is 2.15. The predicted octanol–water partition coefficient (Wildman–Crippen LogP) is 0.132. The van der Waals surface area contributed by atoms with Crippen LogP contribution in [0.3, 0.4) is 0 Å². The molecule has 12 heavy (non-hydrogen) atoms. The molecule has 1 heterocycles. The van der Waals surface area contributed by atoms with Crippen molar-refractivity contribution >= 4 is 32.6 Å². The first kappa shape index (κ1) is 10.7. The van der Waals surface area contributed by atoms with Crippen molar-refractivity contribution in [3.63, 3.8) is 0 Å². The lowest BCUT2D eigenvalue weighted by Crippen LogP contribution is -2.43. The molecule has 1 fully saturated rings. The number of hydrogen-bond donors (Lipinski definition) is 1. The molecule has 1 unspecified atom stereocenters. The van der Waals surface area contributed by atoms with Crippen molar-refractivity contribution in [2.24, 2.45) is 5.14 Å². The van der Waals surface area contributed by atoms with Gasteiger partial charge in [0.25, 0.3) is 0 Å². The number of nitrogens with two attached hydrogens (primary N) is 1. The molecule has 0 aromatic carbocycles. The normalized spacial score (nSPS) is 27.3. The zero-order chi connectivity index (χ0) is 9.19. The quantitative estimate of drug-likeness (QED) is 0.448. The van der Waals surface area contributed by atoms with Crippen molar-refractivity contribution < 1.29 is 8.42 Å². The smallest absolute Gasteiger partial charge is 0.213 e. The molecule has 2 N–H and O–H groups in total. The molecule has 0 amide bonds. The minimum Gasteiger partial charge on any atom is -0.293 e. The third-order valence-electron chi connectivity index (χ3n) is 2.10. The second-order valence-electron chi connectivity index (χ2n) is 3.05. The number of hydrogen-bond acceptors (Lipinski definition) is 3. The standard InChI is InChI=1S/C6H13IN2O2S/c7-5-9-3-1-2-6(4-9)12(8,10)11/h6H,1-5H2,(H2,8,10,11). The lowest BCUT2D eigenvalue weighted by molar-refractivity contribution is 0.273. The summed E-state index contributed by atoms with van der Waals surface area (Å²) in [7, 11) is -3.31. The van der Waals surface area contributed by atoms with E-state index in [1.807, 2.05) is 0 Å². The van der Waals surface area contributed by atoms with Crippen LogP contribution in [0.4, 0.5) is 0 Å². The largest absolute Gasteiger partial charge is 0.293 e. The Labute approximate surface area is 86.7 Å². The first-order valence-corrected chi connectivity index (χ1v) is 6.97. The maximum Gasteiger partial charge on any atom is 0.213 e. The van der Waals surface area contributed by atoms with Crippen LogP contribution in [0.25, 0.3) is 0 Å². The number of piperidine rings is 1. The van der Waals surface area contributed by atoms with Gasteiger partial charge in [-0.2, -0.15) is 0 Å². The van der Waals surface area contributed by atoms with Gasteiger partial charge >= 0.3 is 0 Å². The topological polar surface area (TPSA) is 63.4 Å². The van der Waals surface area contributed by atoms with Gasteiger partial charge in [0.1, 0.15) is 0 Å². The van der Waals surface area contributed by atoms with Crippen LogP contribution in [0.1, 0.15) is 12.8 Å². The van der Waals surface area contributed by atoms with Crippen LogP contribution in [0, 0.1) is 0 Å². The molecule has 0 aliphatic carbocycles. The molecular formula is C6H13IN2O2S. The summed E-state index contributed by atoms with van der Waals surface area (Å²) in [5.41, 5.74) is 0. The molecular weight excluding hydrogens is 291 g/mol. The van der Waals surface area contributed by atoms with Gasteiger partial charge in [-0.1, -0.05) is 22.6 Å². The summed E-state index contributed by atoms with van der Waals surface area (Å²) in [4.78, 5) is 2.11. The Morgan fingerprint density at radius 2 is 2.25 bits per heavy atom. The van der Waals surface area contributed by atoms with Crippen molar-refractivity contribution in [1.29, 1.82) is 0 Å². The molecule has 1 rings (SSSR count). The Kier molecular flexibility index (Phi) is 3.74. The van der Waals surface area contributed by atoms with Crippen molar-refractivity contribution in [1.82, 2.24) is 4.90 Å². The van der Waals surface area contributed by atoms with Gasteiger partial charge in [0.05, 0.1) is 9.80 Å². The summed E-state index contributed by atoms with van der Waals surface area (Å²) in [5.74, 6) is 0. The van der Waals surface area contributed by atoms with Crippen LogP contribution in [0.15, 0.2) is 0 Å². The van der Waals surface area contributed by atoms with Gasteiger partial charge in [-0.15, -0.1) is 0 Å². The van der Waals surface area contributed by atoms with E-state index in [9.17, 15) is 8.42 Å². The summed E-state index contributed by atoms with van der Waals surface area (Å²) in [6.45, 7) is 1.59. The second-order valence-corrected chi connectivity index (χ2v) is 5.58. The third kappa shape index (κ3) is 2.82. The maximum absolute atomic E-state index is 11.0. The molecule has 0 aromatic heterocycles. The zero-order valence-corrected chi connectivity index (χ0v) is 9.71. The van der Waals surface area contributed by atoms with Gasteiger partial charge in [0.15, 0.2) is 0 Å². The Morgan fingerprint density at radius 3 is 2.75 bits per heavy atom. The molecule has 4 nitrogen and oxygen atoms in total. The second kappa shape index (κ2) is 4.21. The Hall–Kier alpha value is 0.600. The molecule has 0 spiro atoms. The number of likely N-dealkylation sites (tertiary alicyclic amines) is 1. The van der Waals surface area contributed by atoms with Crippen LogP contribution >= 0.6 is 22.6 Å². The van der Waals surface area contributed by atoms with E-state index in [4.69, 9.17) is 5.14 Å². The Balaban J connectivity index is 2.58. The zero-order valence-electron chi connectivity index (χ0n) is 6.74. The number of halogens is 1. The molecule has 6 heteroatoms. The summed E-state index contributed by atoms with van der Waals surface area (Å²) in [5, 5.41) is 4.72. The van der Waals surface area contributed by atoms with Crippen LogP contribution in [0.5, 0.6) is 0 Å². The summed E-state index contributed by atoms with van der Waals surface area (Å²) in [6, 6.07) is 0. The maximum atomic E-state index is 11.0. The first-order valence-electron chi connectivity index (χ1n) is 3.84. The fourth-order valence-electron chi connectivity index (χ4n) is 1.39. The van der Waals surface area contributed by atoms with E-state index in [0.717, 1.165) is 17.5 Å². The Bertz CT molecular complexity index is 242. The van der Waals surface area contributed by atoms with E-state index < -0.39 is 10.0 Å². The monoisotopic (exact) mass is 304 g/mol. The summed E-state index contributed by atoms with van der Waals surface area (Å²) < 4.78 is 22.9. The molecule has 0 aromatic rings. The van der Waals surface area contributed by atoms with Gasteiger partial charge in [-0.05, 0) is 19.4 Å². The SMILES string of the molecule is NS(=O)(=O)C1CCCN(CI)C1. The summed E-state index contributed by atoms with van der Waals surface area (Å²) >= 11 is 2.24. The number of primary sulfonamides is 1. The highest BCUT2D eigenvalue weighted by atomic mass is 127. The number of alkyl halides is 1. The lowest BCUT2D eigenvalue weighted by Gasteiger charge is -2.29. The minimum atomic E-state index is -3.31. The van der Waals surface area contributed by atoms with Crippen LogP contribution < -0.4 is 5.14 Å². The molecule has 72 valence electrons. The first-order chi connectivity index (χ1) is 5.54. The van der Waals surface area contributed by atoms with E-state index in [2.05, 4.69) is 27.5 Å². The van der Waals surface area contributed by atoms with E-state index in [-0.39, 0.29) is 5.25 Å². The minimum absolute atomic E-state index is 0.346. The predicted molar refractivity (Wildman–Crippen MR) is 56.6 cm³/mol. The van der Waals surface area contributed by atoms with Gasteiger partial charge in [-0.25, -0.2) is 13.6 Å². The van der Waals surface area contributed by atoms with E-state index in [1.165, 1.54) is 0 Å². The number of sulfonamides is 1. The number of nitrogens with zero attached hydrogens (tertiary/aromatic N) is 1. The fourth-order valence-corrected chi connectivity index (χ4v) is 2.92. The molecule has 1 aliphatic rings. The van der Waals surface area contributed by atoms with Crippen molar-refractivity contribution in [2.75, 3.05) is 17.6 Å². The van der Waals surface area contributed by atoms with Crippen molar-refractivity contribution in [2.45, 2.75) is 18.1 Å². The van der Waals surface area contributed by atoms with Gasteiger partial charge < -0.3 is 0 Å². The highest BCUT2D eigenvalue weighted by molar-refractivity contribution is 14.1. The number of rotatable bonds is 2. The van der Waals surface area contributed by atoms with Crippen LogP contribution in [0.2, 0.25) is 0 Å². The molecule has 0 bridgehead atoms. The average molecular weight is 304 g/mol. The average Bonchev–Trinajstić information content (AvgIpc) is 2.03. The molecule has 1 aliphatic heterocycles. The lowest BCUT2D eigenvalue weighted by atomic mass is 10.1. The Morgan fingerprint density at radius 1 is 1.58 bits per heavy atom. The molecule has 1 saturated heterocycles. The van der Waals surface area contributed by atoms with Crippen LogP contribution in [-0.2, 0) is 10.0 Å². The van der Waals surface area contributed by atoms with Gasteiger partial charge in [0, 0.05) is 6.54 Å². The molecule has 1 atom stereocenters. The fraction of sp³-hybridized carbons (Fsp3) is 1.00. The van der Waals surface area contributed by atoms with Crippen LogP contribution in [-0.4, -0.2) is 36.2 Å². The molecule has 0 radical (unpaired) electrons. The van der Waals surface area contributed by atoms with Gasteiger partial charge in [0.2, 0.25) is 10.0 Å². The van der Waals surface area contributed by atoms with E-state index in [0.29, 0.717) is 13.0 Å². The van der Waals surface area contributed by atoms with E-state index in [1.54, 1.807) is 0 Å². The summed E-state index contributed by atoms with van der Waals surface area (Å²) in [6.07, 6.45) is 1.65. The van der Waals surface area contributed by atoms with Gasteiger partial charge in [-0.3, -0.25) is 4.90 Å². The van der Waals surface area contributed by atoms with Crippen molar-refractivity contribution in [3.05, 3.63) is 0 Å². The van der Waals surface area contributed by atoms with Crippen molar-refractivity contribution in [3.8, 4) is 0 Å². The van der Waals surface area contributed by atoms with E-state index >= 15 is 0 Å². The third-order valence-corrected chi connectivity index (χ3v) is 4.37.